The van der Waals surface area contributed by atoms with Crippen molar-refractivity contribution in [1.29, 1.82) is 0 Å². The van der Waals surface area contributed by atoms with Crippen molar-refractivity contribution in [2.24, 2.45) is 22.2 Å². The van der Waals surface area contributed by atoms with Crippen LogP contribution >= 0.6 is 12.4 Å². The van der Waals surface area contributed by atoms with E-state index in [1.165, 1.54) is 12.0 Å². The van der Waals surface area contributed by atoms with Gasteiger partial charge in [-0.15, -0.1) is 12.4 Å². The van der Waals surface area contributed by atoms with Gasteiger partial charge in [0.1, 0.15) is 24.9 Å². The molecular formula is C29H36ClN7O6. The highest BCUT2D eigenvalue weighted by Gasteiger charge is 2.30. The molecule has 3 rings (SSSR count). The van der Waals surface area contributed by atoms with Gasteiger partial charge in [-0.3, -0.25) is 24.3 Å². The summed E-state index contributed by atoms with van der Waals surface area (Å²) in [7, 11) is 1.50. The van der Waals surface area contributed by atoms with Gasteiger partial charge in [0, 0.05) is 23.7 Å². The number of anilines is 1. The molecule has 4 amide bonds. The number of amides is 4. The predicted octanol–water partition coefficient (Wildman–Crippen LogP) is 1.55. The number of fused-ring (bicyclic) bond motifs is 1. The van der Waals surface area contributed by atoms with Crippen LogP contribution in [-0.2, 0) is 25.7 Å². The lowest BCUT2D eigenvalue weighted by molar-refractivity contribution is -0.126. The maximum atomic E-state index is 13.6. The van der Waals surface area contributed by atoms with Crippen LogP contribution in [0.2, 0.25) is 0 Å². The summed E-state index contributed by atoms with van der Waals surface area (Å²) in [6.45, 7) is -0.651. The zero-order valence-electron chi connectivity index (χ0n) is 23.7. The van der Waals surface area contributed by atoms with Crippen LogP contribution in [0.3, 0.4) is 0 Å². The summed E-state index contributed by atoms with van der Waals surface area (Å²) in [6, 6.07) is 18.7. The molecule has 0 unspecified atom stereocenters. The van der Waals surface area contributed by atoms with Crippen molar-refractivity contribution in [3.63, 3.8) is 0 Å². The number of methoxy groups -OCH3 is 1. The van der Waals surface area contributed by atoms with Gasteiger partial charge < -0.3 is 37.3 Å². The maximum Gasteiger partial charge on any atom is 0.407 e. The normalized spacial score (nSPS) is 10.9. The number of benzene rings is 3. The molecule has 0 aliphatic carbocycles. The second-order valence-electron chi connectivity index (χ2n) is 9.19. The van der Waals surface area contributed by atoms with E-state index in [4.69, 9.17) is 26.7 Å². The fourth-order valence-corrected chi connectivity index (χ4v) is 4.21. The molecule has 0 aliphatic heterocycles. The lowest BCUT2D eigenvalue weighted by Crippen LogP contribution is -2.52. The monoisotopic (exact) mass is 613 g/mol. The SMILES string of the molecule is COc1cc(N(C(=O)CNC(=O)CNC(=O)OCc2ccccc2)[C@@H](CCCN=C(N)N)C(N)=O)cc2ccccc12.Cl. The van der Waals surface area contributed by atoms with Crippen LogP contribution < -0.4 is 37.5 Å². The minimum Gasteiger partial charge on any atom is -0.496 e. The van der Waals surface area contributed by atoms with Gasteiger partial charge in [0.05, 0.1) is 13.7 Å². The molecular weight excluding hydrogens is 578 g/mol. The number of ether oxygens (including phenoxy) is 2. The first-order valence-electron chi connectivity index (χ1n) is 13.1. The Bertz CT molecular complexity index is 1430. The molecule has 13 nitrogen and oxygen atoms in total. The zero-order chi connectivity index (χ0) is 30.5. The number of alkyl carbamates (subject to hydrolysis) is 1. The van der Waals surface area contributed by atoms with E-state index < -0.39 is 42.9 Å². The van der Waals surface area contributed by atoms with Crippen LogP contribution in [0.5, 0.6) is 5.75 Å². The van der Waals surface area contributed by atoms with Gasteiger partial charge >= 0.3 is 6.09 Å². The van der Waals surface area contributed by atoms with Gasteiger partial charge in [0.2, 0.25) is 17.7 Å². The van der Waals surface area contributed by atoms with Crippen molar-refractivity contribution in [2.45, 2.75) is 25.5 Å². The summed E-state index contributed by atoms with van der Waals surface area (Å²) in [5, 5.41) is 6.36. The molecule has 0 saturated carbocycles. The van der Waals surface area contributed by atoms with Crippen LogP contribution in [0.4, 0.5) is 10.5 Å². The van der Waals surface area contributed by atoms with Gasteiger partial charge in [-0.25, -0.2) is 4.79 Å². The number of carbonyl (C=O) groups excluding carboxylic acids is 4. The third-order valence-electron chi connectivity index (χ3n) is 6.19. The predicted molar refractivity (Wildman–Crippen MR) is 166 cm³/mol. The summed E-state index contributed by atoms with van der Waals surface area (Å²) in [5.41, 5.74) is 17.7. The molecule has 0 aliphatic rings. The molecule has 0 spiro atoms. The Morgan fingerprint density at radius 1 is 0.930 bits per heavy atom. The first-order valence-corrected chi connectivity index (χ1v) is 13.1. The summed E-state index contributed by atoms with van der Waals surface area (Å²) in [5.74, 6) is -1.63. The Morgan fingerprint density at radius 3 is 2.30 bits per heavy atom. The van der Waals surface area contributed by atoms with Crippen molar-refractivity contribution < 1.29 is 28.7 Å². The molecule has 0 heterocycles. The quantitative estimate of drug-likeness (QED) is 0.102. The zero-order valence-corrected chi connectivity index (χ0v) is 24.5. The second-order valence-corrected chi connectivity index (χ2v) is 9.19. The number of nitrogens with one attached hydrogen (secondary N) is 2. The minimum atomic E-state index is -1.08. The summed E-state index contributed by atoms with van der Waals surface area (Å²) in [4.78, 5) is 55.7. The van der Waals surface area contributed by atoms with Gasteiger partial charge in [-0.05, 0) is 29.9 Å². The lowest BCUT2D eigenvalue weighted by atomic mass is 10.0. The number of aliphatic imine (C=N–C) groups is 1. The average Bonchev–Trinajstić information content (AvgIpc) is 2.98. The molecule has 230 valence electrons. The number of nitrogens with zero attached hydrogens (tertiary/aromatic N) is 2. The molecule has 3 aromatic rings. The highest BCUT2D eigenvalue weighted by Crippen LogP contribution is 2.33. The van der Waals surface area contributed by atoms with E-state index in [1.807, 2.05) is 42.5 Å². The molecule has 0 saturated heterocycles. The highest BCUT2D eigenvalue weighted by molar-refractivity contribution is 6.04. The third-order valence-corrected chi connectivity index (χ3v) is 6.19. The van der Waals surface area contributed by atoms with Gasteiger partial charge in [0.25, 0.3) is 0 Å². The summed E-state index contributed by atoms with van der Waals surface area (Å²) < 4.78 is 10.6. The molecule has 0 bridgehead atoms. The molecule has 0 fully saturated rings. The van der Waals surface area contributed by atoms with Gasteiger partial charge in [-0.1, -0.05) is 54.6 Å². The topological polar surface area (TPSA) is 204 Å². The Hall–Kier alpha value is -5.04. The number of nitrogens with two attached hydrogens (primary N) is 3. The van der Waals surface area contributed by atoms with Gasteiger partial charge in [0.15, 0.2) is 5.96 Å². The van der Waals surface area contributed by atoms with E-state index in [2.05, 4.69) is 15.6 Å². The Balaban J connectivity index is 0.00000645. The number of guanidine groups is 1. The summed E-state index contributed by atoms with van der Waals surface area (Å²) in [6.07, 6.45) is -0.295. The van der Waals surface area contributed by atoms with E-state index in [9.17, 15) is 19.2 Å². The molecule has 8 N–H and O–H groups in total. The Kier molecular flexibility index (Phi) is 13.5. The molecule has 14 heteroatoms. The molecule has 43 heavy (non-hydrogen) atoms. The number of halogens is 1. The number of carbonyl (C=O) groups is 4. The Morgan fingerprint density at radius 2 is 1.63 bits per heavy atom. The lowest BCUT2D eigenvalue weighted by Gasteiger charge is -2.30. The average molecular weight is 614 g/mol. The molecule has 1 atom stereocenters. The molecule has 3 aromatic carbocycles. The van der Waals surface area contributed by atoms with Crippen molar-refractivity contribution >= 4 is 58.6 Å². The van der Waals surface area contributed by atoms with E-state index >= 15 is 0 Å². The van der Waals surface area contributed by atoms with E-state index in [0.29, 0.717) is 17.9 Å². The largest absolute Gasteiger partial charge is 0.496 e. The van der Waals surface area contributed by atoms with Crippen LogP contribution in [-0.4, -0.2) is 62.6 Å². The van der Waals surface area contributed by atoms with E-state index in [1.54, 1.807) is 24.3 Å². The number of primary amides is 1. The number of hydrogen-bond donors (Lipinski definition) is 5. The molecule has 0 radical (unpaired) electrons. The smallest absolute Gasteiger partial charge is 0.407 e. The summed E-state index contributed by atoms with van der Waals surface area (Å²) >= 11 is 0. The highest BCUT2D eigenvalue weighted by atomic mass is 35.5. The van der Waals surface area contributed by atoms with Crippen molar-refractivity contribution in [2.75, 3.05) is 31.6 Å². The van der Waals surface area contributed by atoms with Crippen molar-refractivity contribution in [3.05, 3.63) is 72.3 Å². The van der Waals surface area contributed by atoms with Crippen LogP contribution in [0.15, 0.2) is 71.7 Å². The first kappa shape index (κ1) is 34.2. The minimum absolute atomic E-state index is 0. The van der Waals surface area contributed by atoms with Gasteiger partial charge in [-0.2, -0.15) is 0 Å². The fourth-order valence-electron chi connectivity index (χ4n) is 4.21. The molecule has 0 aromatic heterocycles. The first-order chi connectivity index (χ1) is 20.2. The van der Waals surface area contributed by atoms with Crippen LogP contribution in [0.25, 0.3) is 10.8 Å². The fraction of sp³-hybridized carbons (Fsp3) is 0.276. The Labute approximate surface area is 255 Å². The van der Waals surface area contributed by atoms with Crippen LogP contribution in [0.1, 0.15) is 18.4 Å². The van der Waals surface area contributed by atoms with E-state index in [-0.39, 0.29) is 37.9 Å². The van der Waals surface area contributed by atoms with Crippen molar-refractivity contribution in [3.8, 4) is 5.75 Å². The van der Waals surface area contributed by atoms with Crippen LogP contribution in [0, 0.1) is 0 Å². The third kappa shape index (κ3) is 10.4. The van der Waals surface area contributed by atoms with Crippen molar-refractivity contribution in [1.82, 2.24) is 10.6 Å². The number of hydrogen-bond acceptors (Lipinski definition) is 7. The maximum absolute atomic E-state index is 13.6. The second kappa shape index (κ2) is 17.0. The standard InChI is InChI=1S/C29H35N7O6.ClH/c1-41-24-15-21(14-20-10-5-6-11-22(20)24)36(23(27(30)39)12-7-13-33-28(31)32)26(38)17-34-25(37)16-35-29(40)42-18-19-8-3-2-4-9-19;/h2-6,8-11,14-15,23H,7,12-13,16-18H2,1H3,(H2,30,39)(H,34,37)(H,35,40)(H4,31,32,33);1H/t23-;/m0./s1. The number of rotatable bonds is 14. The van der Waals surface area contributed by atoms with E-state index in [0.717, 1.165) is 16.3 Å².